The van der Waals surface area contributed by atoms with Crippen molar-refractivity contribution < 1.29 is 18.6 Å². The van der Waals surface area contributed by atoms with Gasteiger partial charge in [-0.1, -0.05) is 46.4 Å². The first kappa shape index (κ1) is 21.9. The number of rotatable bonds is 10. The van der Waals surface area contributed by atoms with E-state index in [1.165, 1.54) is 12.3 Å². The predicted octanol–water partition coefficient (Wildman–Crippen LogP) is 6.40. The molecule has 0 aliphatic rings. The summed E-state index contributed by atoms with van der Waals surface area (Å²) in [5, 5.41) is 0.644. The highest BCUT2D eigenvalue weighted by molar-refractivity contribution is 6.55. The lowest BCUT2D eigenvalue weighted by atomic mass is 10.3. The Morgan fingerprint density at radius 3 is 2.33 bits per heavy atom. The molecule has 0 spiro atoms. The number of nitrogens with zero attached hydrogens (tertiary/aromatic N) is 1. The molecule has 0 aliphatic heterocycles. The van der Waals surface area contributed by atoms with Crippen molar-refractivity contribution in [1.29, 1.82) is 0 Å². The van der Waals surface area contributed by atoms with Gasteiger partial charge in [-0.15, -0.1) is 0 Å². The van der Waals surface area contributed by atoms with Gasteiger partial charge in [0, 0.05) is 36.4 Å². The number of alkyl halides is 1. The summed E-state index contributed by atoms with van der Waals surface area (Å²) in [7, 11) is 0. The molecular weight excluding hydrogens is 439 g/mol. The Hall–Kier alpha value is -1.40. The summed E-state index contributed by atoms with van der Waals surface area (Å²) in [5.74, 6) is 1.26. The Morgan fingerprint density at radius 2 is 1.74 bits per heavy atom. The number of hydrogen-bond donors (Lipinski definition) is 0. The summed E-state index contributed by atoms with van der Waals surface area (Å²) >= 11 is 23.4. The number of hydrogen-bond acceptors (Lipinski definition) is 4. The van der Waals surface area contributed by atoms with Crippen LogP contribution in [0.2, 0.25) is 10.0 Å². The monoisotopic (exact) mass is 453 g/mol. The average Bonchev–Trinajstić information content (AvgIpc) is 2.63. The first-order valence-corrected chi connectivity index (χ1v) is 9.40. The van der Waals surface area contributed by atoms with Crippen LogP contribution in [0, 0.1) is 0 Å². The molecule has 27 heavy (non-hydrogen) atoms. The molecule has 0 amide bonds. The van der Waals surface area contributed by atoms with Gasteiger partial charge in [0.05, 0.1) is 23.3 Å². The molecule has 1 aromatic heterocycles. The average molecular weight is 455 g/mol. The van der Waals surface area contributed by atoms with Gasteiger partial charge in [0.25, 0.3) is 0 Å². The van der Waals surface area contributed by atoms with Gasteiger partial charge in [0.2, 0.25) is 5.88 Å². The van der Waals surface area contributed by atoms with Crippen LogP contribution >= 0.6 is 46.4 Å². The van der Waals surface area contributed by atoms with Crippen LogP contribution in [0.25, 0.3) is 0 Å². The summed E-state index contributed by atoms with van der Waals surface area (Å²) in [5.41, 5.74) is 0.504. The van der Waals surface area contributed by atoms with E-state index in [1.807, 2.05) is 0 Å². The quantitative estimate of drug-likeness (QED) is 0.389. The number of benzene rings is 1. The van der Waals surface area contributed by atoms with Crippen molar-refractivity contribution in [1.82, 2.24) is 4.98 Å². The van der Waals surface area contributed by atoms with Crippen molar-refractivity contribution in [2.24, 2.45) is 0 Å². The van der Waals surface area contributed by atoms with Gasteiger partial charge in [-0.05, 0) is 12.1 Å². The van der Waals surface area contributed by atoms with Crippen LogP contribution in [0.5, 0.6) is 17.4 Å². The van der Waals surface area contributed by atoms with Crippen molar-refractivity contribution in [3.8, 4) is 17.4 Å². The zero-order chi connectivity index (χ0) is 19.6. The summed E-state index contributed by atoms with van der Waals surface area (Å²) in [6.07, 6.45) is 3.51. The van der Waals surface area contributed by atoms with Crippen molar-refractivity contribution in [3.05, 3.63) is 56.6 Å². The number of aromatic nitrogens is 1. The van der Waals surface area contributed by atoms with Crippen LogP contribution in [0.1, 0.15) is 12.0 Å². The van der Waals surface area contributed by atoms with Gasteiger partial charge in [-0.3, -0.25) is 0 Å². The molecule has 0 atom stereocenters. The topological polar surface area (TPSA) is 40.6 Å². The molecule has 0 saturated heterocycles. The third kappa shape index (κ3) is 7.62. The second-order valence-corrected chi connectivity index (χ2v) is 7.03. The molecule has 0 N–H and O–H groups in total. The smallest absolute Gasteiger partial charge is 0.213 e. The minimum atomic E-state index is -0.552. The molecule has 9 heteroatoms. The SMILES string of the molecule is FCc1ccc(OCCCOc2c(Cl)cc(OCC=C(Cl)Cl)cc2Cl)nc1. The molecule has 0 saturated carbocycles. The van der Waals surface area contributed by atoms with Crippen molar-refractivity contribution >= 4 is 46.4 Å². The van der Waals surface area contributed by atoms with E-state index in [4.69, 9.17) is 60.6 Å². The third-order valence-electron chi connectivity index (χ3n) is 3.20. The zero-order valence-corrected chi connectivity index (χ0v) is 17.1. The van der Waals surface area contributed by atoms with Gasteiger partial charge in [-0.25, -0.2) is 9.37 Å². The highest BCUT2D eigenvalue weighted by atomic mass is 35.5. The van der Waals surface area contributed by atoms with E-state index in [-0.39, 0.29) is 11.1 Å². The lowest BCUT2D eigenvalue weighted by Gasteiger charge is -2.12. The molecular formula is C18H16Cl4FNO3. The van der Waals surface area contributed by atoms with E-state index >= 15 is 0 Å². The fourth-order valence-corrected chi connectivity index (χ4v) is 2.65. The lowest BCUT2D eigenvalue weighted by Crippen LogP contribution is -2.06. The maximum atomic E-state index is 12.4. The Labute approximate surface area is 176 Å². The van der Waals surface area contributed by atoms with E-state index in [0.717, 1.165) is 0 Å². The van der Waals surface area contributed by atoms with Gasteiger partial charge in [0.1, 0.15) is 23.5 Å². The van der Waals surface area contributed by atoms with Gasteiger partial charge < -0.3 is 14.2 Å². The lowest BCUT2D eigenvalue weighted by molar-refractivity contribution is 0.242. The number of ether oxygens (including phenoxy) is 3. The van der Waals surface area contributed by atoms with Gasteiger partial charge in [-0.2, -0.15) is 0 Å². The molecule has 2 rings (SSSR count). The fourth-order valence-electron chi connectivity index (χ4n) is 1.94. The maximum Gasteiger partial charge on any atom is 0.213 e. The standard InChI is InChI=1S/C18H16Cl4FNO3/c19-14-8-13(25-7-4-16(21)22)9-15(20)18(14)27-6-1-5-26-17-3-2-12(10-23)11-24-17/h2-4,8-9,11H,1,5-7,10H2. The maximum absolute atomic E-state index is 12.4. The summed E-state index contributed by atoms with van der Waals surface area (Å²) in [6, 6.07) is 6.42. The second kappa shape index (κ2) is 11.4. The molecule has 0 radical (unpaired) electrons. The minimum Gasteiger partial charge on any atom is -0.490 e. The molecule has 0 aliphatic carbocycles. The molecule has 0 bridgehead atoms. The largest absolute Gasteiger partial charge is 0.490 e. The van der Waals surface area contributed by atoms with Crippen LogP contribution in [0.15, 0.2) is 41.0 Å². The molecule has 1 heterocycles. The molecule has 1 aromatic carbocycles. The van der Waals surface area contributed by atoms with E-state index in [0.29, 0.717) is 52.6 Å². The molecule has 146 valence electrons. The summed E-state index contributed by atoms with van der Waals surface area (Å²) < 4.78 is 29.0. The Balaban J connectivity index is 1.78. The predicted molar refractivity (Wildman–Crippen MR) is 106 cm³/mol. The van der Waals surface area contributed by atoms with Gasteiger partial charge >= 0.3 is 0 Å². The minimum absolute atomic E-state index is 0.114. The first-order valence-electron chi connectivity index (χ1n) is 7.89. The molecule has 2 aromatic rings. The van der Waals surface area contributed by atoms with E-state index in [1.54, 1.807) is 24.3 Å². The second-order valence-electron chi connectivity index (χ2n) is 5.21. The van der Waals surface area contributed by atoms with E-state index < -0.39 is 6.67 Å². The Bertz CT molecular complexity index is 745. The third-order valence-corrected chi connectivity index (χ3v) is 4.07. The molecule has 4 nitrogen and oxygen atoms in total. The summed E-state index contributed by atoms with van der Waals surface area (Å²) in [6.45, 7) is 0.354. The number of halogens is 5. The first-order chi connectivity index (χ1) is 13.0. The van der Waals surface area contributed by atoms with Crippen molar-refractivity contribution in [2.75, 3.05) is 19.8 Å². The van der Waals surface area contributed by atoms with E-state index in [9.17, 15) is 4.39 Å². The highest BCUT2D eigenvalue weighted by Crippen LogP contribution is 2.37. The zero-order valence-electron chi connectivity index (χ0n) is 14.1. The fraction of sp³-hybridized carbons (Fsp3) is 0.278. The van der Waals surface area contributed by atoms with Crippen LogP contribution in [0.4, 0.5) is 4.39 Å². The normalized spacial score (nSPS) is 10.4. The van der Waals surface area contributed by atoms with Crippen molar-refractivity contribution in [3.63, 3.8) is 0 Å². The Morgan fingerprint density at radius 1 is 1.04 bits per heavy atom. The number of pyridine rings is 1. The van der Waals surface area contributed by atoms with Gasteiger partial charge in [0.15, 0.2) is 5.75 Å². The summed E-state index contributed by atoms with van der Waals surface area (Å²) in [4.78, 5) is 4.00. The van der Waals surface area contributed by atoms with Crippen LogP contribution < -0.4 is 14.2 Å². The van der Waals surface area contributed by atoms with Crippen LogP contribution in [0.3, 0.4) is 0 Å². The Kier molecular flexibility index (Phi) is 9.28. The van der Waals surface area contributed by atoms with Crippen LogP contribution in [-0.4, -0.2) is 24.8 Å². The van der Waals surface area contributed by atoms with E-state index in [2.05, 4.69) is 4.98 Å². The molecule has 0 unspecified atom stereocenters. The van der Waals surface area contributed by atoms with Crippen LogP contribution in [-0.2, 0) is 6.67 Å². The molecule has 0 fully saturated rings. The highest BCUT2D eigenvalue weighted by Gasteiger charge is 2.10. The van der Waals surface area contributed by atoms with Crippen molar-refractivity contribution in [2.45, 2.75) is 13.1 Å².